The van der Waals surface area contributed by atoms with E-state index in [1.165, 1.54) is 0 Å². The van der Waals surface area contributed by atoms with Crippen molar-refractivity contribution < 1.29 is 19.5 Å². The molecule has 3 amide bonds. The molecule has 36 heavy (non-hydrogen) atoms. The van der Waals surface area contributed by atoms with E-state index in [4.69, 9.17) is 11.6 Å². The highest BCUT2D eigenvalue weighted by Gasteiger charge is 2.70. The lowest BCUT2D eigenvalue weighted by Crippen LogP contribution is -2.53. The Kier molecular flexibility index (Phi) is 6.96. The van der Waals surface area contributed by atoms with Crippen LogP contribution < -0.4 is 4.90 Å². The summed E-state index contributed by atoms with van der Waals surface area (Å²) in [6, 6.07) is 4.83. The lowest BCUT2D eigenvalue weighted by Gasteiger charge is -2.35. The fraction of sp³-hybridized carbons (Fsp3) is 0.519. The first-order valence-corrected chi connectivity index (χ1v) is 13.8. The molecule has 0 aliphatic carbocycles. The molecular weight excluding hydrogens is 498 g/mol. The van der Waals surface area contributed by atoms with Crippen molar-refractivity contribution in [1.82, 2.24) is 9.80 Å². The SMILES string of the molecule is Cc1cccc(Cl)c1N1CC=C[C@]23S[C@H]4C=CCN(C)C(=O)[C@H]4[C@H]2C(=O)N(CCCCCO)C3C1=O. The van der Waals surface area contributed by atoms with Gasteiger partial charge in [0.15, 0.2) is 0 Å². The fourth-order valence-electron chi connectivity index (χ4n) is 6.24. The summed E-state index contributed by atoms with van der Waals surface area (Å²) < 4.78 is -0.831. The van der Waals surface area contributed by atoms with Crippen LogP contribution in [0.15, 0.2) is 42.5 Å². The number of halogens is 1. The van der Waals surface area contributed by atoms with Crippen LogP contribution in [0.25, 0.3) is 0 Å². The molecule has 1 aromatic rings. The predicted octanol–water partition coefficient (Wildman–Crippen LogP) is 3.04. The molecule has 7 nitrogen and oxygen atoms in total. The molecule has 0 aromatic heterocycles. The van der Waals surface area contributed by atoms with E-state index in [-0.39, 0.29) is 29.6 Å². The van der Waals surface area contributed by atoms with Crippen molar-refractivity contribution in [3.05, 3.63) is 53.1 Å². The zero-order valence-corrected chi connectivity index (χ0v) is 22.2. The number of carbonyl (C=O) groups is 3. The van der Waals surface area contributed by atoms with Gasteiger partial charge in [-0.25, -0.2) is 0 Å². The third-order valence-corrected chi connectivity index (χ3v) is 9.92. The number of nitrogens with zero attached hydrogens (tertiary/aromatic N) is 3. The number of amides is 3. The summed E-state index contributed by atoms with van der Waals surface area (Å²) in [6.45, 7) is 3.30. The van der Waals surface area contributed by atoms with Crippen LogP contribution in [0.2, 0.25) is 5.02 Å². The summed E-state index contributed by atoms with van der Waals surface area (Å²) in [7, 11) is 1.77. The first-order chi connectivity index (χ1) is 17.3. The molecule has 4 aliphatic heterocycles. The zero-order chi connectivity index (χ0) is 25.6. The number of likely N-dealkylation sites (N-methyl/N-ethyl adjacent to an activating group) is 1. The fourth-order valence-corrected chi connectivity index (χ4v) is 8.57. The molecular formula is C27H32ClN3O4S. The molecule has 0 saturated carbocycles. The van der Waals surface area contributed by atoms with Crippen LogP contribution >= 0.6 is 23.4 Å². The molecule has 0 bridgehead atoms. The van der Waals surface area contributed by atoms with Gasteiger partial charge < -0.3 is 19.8 Å². The smallest absolute Gasteiger partial charge is 0.251 e. The van der Waals surface area contributed by atoms with Gasteiger partial charge in [-0.1, -0.05) is 48.0 Å². The Labute approximate surface area is 221 Å². The van der Waals surface area contributed by atoms with Gasteiger partial charge in [0.2, 0.25) is 11.8 Å². The van der Waals surface area contributed by atoms with Crippen LogP contribution in [-0.2, 0) is 14.4 Å². The molecule has 0 radical (unpaired) electrons. The Balaban J connectivity index is 1.60. The largest absolute Gasteiger partial charge is 0.396 e. The van der Waals surface area contributed by atoms with E-state index in [0.717, 1.165) is 12.0 Å². The second-order valence-electron chi connectivity index (χ2n) is 10.1. The Morgan fingerprint density at radius 1 is 1.08 bits per heavy atom. The number of benzene rings is 1. The molecule has 9 heteroatoms. The number of aryl methyl sites for hydroxylation is 1. The van der Waals surface area contributed by atoms with Crippen molar-refractivity contribution >= 4 is 46.8 Å². The van der Waals surface area contributed by atoms with Crippen molar-refractivity contribution in [2.45, 2.75) is 42.2 Å². The molecule has 192 valence electrons. The molecule has 1 unspecified atom stereocenters. The highest BCUT2D eigenvalue weighted by atomic mass is 35.5. The van der Waals surface area contributed by atoms with Gasteiger partial charge in [0.25, 0.3) is 5.91 Å². The third kappa shape index (κ3) is 3.89. The Morgan fingerprint density at radius 3 is 2.64 bits per heavy atom. The normalized spacial score (nSPS) is 31.4. The zero-order valence-electron chi connectivity index (χ0n) is 20.6. The molecule has 1 N–H and O–H groups in total. The van der Waals surface area contributed by atoms with Crippen molar-refractivity contribution in [3.8, 4) is 0 Å². The number of para-hydroxylation sites is 1. The number of aliphatic hydroxyl groups is 1. The number of carbonyl (C=O) groups excluding carboxylic acids is 3. The molecule has 5 rings (SSSR count). The van der Waals surface area contributed by atoms with Crippen molar-refractivity contribution in [2.75, 3.05) is 38.2 Å². The van der Waals surface area contributed by atoms with Gasteiger partial charge in [-0.3, -0.25) is 14.4 Å². The van der Waals surface area contributed by atoms with Gasteiger partial charge in [0.05, 0.1) is 27.3 Å². The number of thioether (sulfide) groups is 1. The van der Waals surface area contributed by atoms with E-state index >= 15 is 0 Å². The van der Waals surface area contributed by atoms with Crippen molar-refractivity contribution in [1.29, 1.82) is 0 Å². The standard InChI is InChI=1S/C27H32ClN3O4S/c1-17-9-6-10-18(28)22(17)30-15-8-12-27-21(20-19(36-27)11-7-13-29(2)24(20)33)25(34)31(23(27)26(30)35)14-4-3-5-16-32/h6-12,19-21,23,32H,3-5,13-16H2,1-2H3/t19-,20+,21-,23?,27-/m0/s1. The van der Waals surface area contributed by atoms with Crippen LogP contribution in [0.4, 0.5) is 5.69 Å². The van der Waals surface area contributed by atoms with Gasteiger partial charge >= 0.3 is 0 Å². The number of unbranched alkanes of at least 4 members (excludes halogenated alkanes) is 2. The minimum absolute atomic E-state index is 0.0440. The number of rotatable bonds is 6. The van der Waals surface area contributed by atoms with Crippen LogP contribution in [0, 0.1) is 18.8 Å². The van der Waals surface area contributed by atoms with Gasteiger partial charge in [0, 0.05) is 38.5 Å². The van der Waals surface area contributed by atoms with Gasteiger partial charge in [-0.15, -0.1) is 11.8 Å². The topological polar surface area (TPSA) is 81.2 Å². The lowest BCUT2D eigenvalue weighted by atomic mass is 9.78. The summed E-state index contributed by atoms with van der Waals surface area (Å²) in [5.74, 6) is -1.46. The molecule has 1 aromatic carbocycles. The monoisotopic (exact) mass is 529 g/mol. The predicted molar refractivity (Wildman–Crippen MR) is 142 cm³/mol. The maximum absolute atomic E-state index is 14.4. The molecule has 4 aliphatic rings. The first kappa shape index (κ1) is 25.4. The number of hydrogen-bond acceptors (Lipinski definition) is 5. The minimum atomic E-state index is -0.831. The second kappa shape index (κ2) is 9.88. The van der Waals surface area contributed by atoms with E-state index in [2.05, 4.69) is 0 Å². The summed E-state index contributed by atoms with van der Waals surface area (Å²) in [6.07, 6.45) is 10.1. The second-order valence-corrected chi connectivity index (χ2v) is 12.0. The summed E-state index contributed by atoms with van der Waals surface area (Å²) in [5, 5.41) is 9.54. The summed E-state index contributed by atoms with van der Waals surface area (Å²) in [4.78, 5) is 47.1. The Bertz CT molecular complexity index is 1120. The number of likely N-dealkylation sites (tertiary alicyclic amines) is 1. The molecule has 2 saturated heterocycles. The quantitative estimate of drug-likeness (QED) is 0.452. The molecule has 5 atom stereocenters. The minimum Gasteiger partial charge on any atom is -0.396 e. The van der Waals surface area contributed by atoms with Crippen LogP contribution in [-0.4, -0.2) is 82.0 Å². The van der Waals surface area contributed by atoms with Crippen LogP contribution in [0.5, 0.6) is 0 Å². The number of aliphatic hydroxyl groups excluding tert-OH is 1. The Hall–Kier alpha value is -2.29. The summed E-state index contributed by atoms with van der Waals surface area (Å²) in [5.41, 5.74) is 1.55. The average Bonchev–Trinajstić information content (AvgIpc) is 3.17. The van der Waals surface area contributed by atoms with Crippen LogP contribution in [0.1, 0.15) is 24.8 Å². The number of hydrogen-bond donors (Lipinski definition) is 1. The van der Waals surface area contributed by atoms with Crippen molar-refractivity contribution in [3.63, 3.8) is 0 Å². The van der Waals surface area contributed by atoms with Crippen LogP contribution in [0.3, 0.4) is 0 Å². The highest BCUT2D eigenvalue weighted by Crippen LogP contribution is 2.61. The van der Waals surface area contributed by atoms with Crippen molar-refractivity contribution in [2.24, 2.45) is 11.8 Å². The molecule has 1 spiro atoms. The van der Waals surface area contributed by atoms with E-state index in [1.807, 2.05) is 43.4 Å². The van der Waals surface area contributed by atoms with Gasteiger partial charge in [-0.2, -0.15) is 0 Å². The number of anilines is 1. The highest BCUT2D eigenvalue weighted by molar-refractivity contribution is 8.02. The average molecular weight is 530 g/mol. The third-order valence-electron chi connectivity index (χ3n) is 7.88. The van der Waals surface area contributed by atoms with E-state index < -0.39 is 22.6 Å². The molecule has 2 fully saturated rings. The Morgan fingerprint density at radius 2 is 1.89 bits per heavy atom. The first-order valence-electron chi connectivity index (χ1n) is 12.6. The lowest BCUT2D eigenvalue weighted by molar-refractivity contribution is -0.142. The molecule has 4 heterocycles. The van der Waals surface area contributed by atoms with E-state index in [9.17, 15) is 19.5 Å². The van der Waals surface area contributed by atoms with E-state index in [0.29, 0.717) is 43.2 Å². The number of fused-ring (bicyclic) bond motifs is 2. The van der Waals surface area contributed by atoms with E-state index in [1.54, 1.807) is 39.6 Å². The van der Waals surface area contributed by atoms with Gasteiger partial charge in [0.1, 0.15) is 6.04 Å². The maximum atomic E-state index is 14.4. The van der Waals surface area contributed by atoms with Gasteiger partial charge in [-0.05, 0) is 37.8 Å². The summed E-state index contributed by atoms with van der Waals surface area (Å²) >= 11 is 8.17. The maximum Gasteiger partial charge on any atom is 0.251 e.